The molecule has 0 saturated heterocycles. The van der Waals surface area contributed by atoms with Crippen LogP contribution in [0, 0.1) is 0 Å². The average molecular weight is 277 g/mol. The first-order valence-corrected chi connectivity index (χ1v) is 6.00. The van der Waals surface area contributed by atoms with Gasteiger partial charge in [-0.15, -0.1) is 0 Å². The Kier molecular flexibility index (Phi) is 3.25. The second kappa shape index (κ2) is 4.63. The number of rotatable bonds is 3. The van der Waals surface area contributed by atoms with Crippen LogP contribution in [-0.4, -0.2) is 42.4 Å². The molecule has 0 fully saturated rings. The fourth-order valence-electron chi connectivity index (χ4n) is 2.27. The highest BCUT2D eigenvalue weighted by atomic mass is 16.5. The van der Waals surface area contributed by atoms with Gasteiger partial charge in [-0.1, -0.05) is 6.07 Å². The van der Waals surface area contributed by atoms with Crippen molar-refractivity contribution in [1.82, 2.24) is 4.90 Å². The first kappa shape index (κ1) is 14.0. The molecule has 1 aliphatic rings. The monoisotopic (exact) mass is 277 g/mol. The molecular formula is C14H15NO5. The molecule has 2 rings (SSSR count). The molecule has 0 aromatic heterocycles. The number of benzene rings is 1. The minimum atomic E-state index is -1.38. The predicted molar refractivity (Wildman–Crippen MR) is 69.6 cm³/mol. The summed E-state index contributed by atoms with van der Waals surface area (Å²) in [4.78, 5) is 37.6. The Morgan fingerprint density at radius 3 is 2.35 bits per heavy atom. The van der Waals surface area contributed by atoms with E-state index in [2.05, 4.69) is 4.74 Å². The van der Waals surface area contributed by atoms with Crippen LogP contribution >= 0.6 is 0 Å². The number of hydrogen-bond donors (Lipinski definition) is 0. The molecule has 0 N–H and O–H groups in total. The number of amides is 2. The molecule has 106 valence electrons. The molecule has 2 amide bonds. The highest BCUT2D eigenvalue weighted by Crippen LogP contribution is 2.35. The van der Waals surface area contributed by atoms with Crippen LogP contribution < -0.4 is 4.74 Å². The van der Waals surface area contributed by atoms with Gasteiger partial charge < -0.3 is 9.47 Å². The normalized spacial score (nSPS) is 14.3. The quantitative estimate of drug-likeness (QED) is 0.614. The van der Waals surface area contributed by atoms with Gasteiger partial charge in [0, 0.05) is 0 Å². The Bertz CT molecular complexity index is 606. The second-order valence-corrected chi connectivity index (χ2v) is 4.88. The van der Waals surface area contributed by atoms with Crippen LogP contribution in [0.5, 0.6) is 5.75 Å². The van der Waals surface area contributed by atoms with Gasteiger partial charge in [0.25, 0.3) is 11.8 Å². The summed E-state index contributed by atoms with van der Waals surface area (Å²) in [7, 11) is 2.63. The van der Waals surface area contributed by atoms with E-state index in [0.717, 1.165) is 4.90 Å². The minimum Gasteiger partial charge on any atom is -0.496 e. The van der Waals surface area contributed by atoms with E-state index < -0.39 is 23.3 Å². The van der Waals surface area contributed by atoms with Crippen LogP contribution in [0.1, 0.15) is 34.6 Å². The Morgan fingerprint density at radius 2 is 1.80 bits per heavy atom. The van der Waals surface area contributed by atoms with Crippen molar-refractivity contribution in [3.63, 3.8) is 0 Å². The van der Waals surface area contributed by atoms with Crippen LogP contribution in [0.2, 0.25) is 0 Å². The number of carbonyl (C=O) groups is 3. The van der Waals surface area contributed by atoms with Gasteiger partial charge in [0.05, 0.1) is 25.3 Å². The number of ether oxygens (including phenoxy) is 2. The van der Waals surface area contributed by atoms with Crippen molar-refractivity contribution in [3.05, 3.63) is 29.3 Å². The third kappa shape index (κ3) is 1.76. The number of methoxy groups -OCH3 is 2. The second-order valence-electron chi connectivity index (χ2n) is 4.88. The molecule has 0 saturated carbocycles. The molecule has 0 radical (unpaired) electrons. The van der Waals surface area contributed by atoms with Gasteiger partial charge in [0.15, 0.2) is 0 Å². The molecule has 6 heteroatoms. The lowest BCUT2D eigenvalue weighted by Gasteiger charge is -2.30. The van der Waals surface area contributed by atoms with E-state index in [9.17, 15) is 14.4 Å². The van der Waals surface area contributed by atoms with Crippen molar-refractivity contribution in [1.29, 1.82) is 0 Å². The molecule has 6 nitrogen and oxygen atoms in total. The van der Waals surface area contributed by atoms with E-state index in [1.165, 1.54) is 34.1 Å². The zero-order chi connectivity index (χ0) is 15.1. The van der Waals surface area contributed by atoms with E-state index in [4.69, 9.17) is 4.74 Å². The van der Waals surface area contributed by atoms with Crippen LogP contribution in [0.3, 0.4) is 0 Å². The van der Waals surface area contributed by atoms with Gasteiger partial charge >= 0.3 is 5.97 Å². The molecule has 0 unspecified atom stereocenters. The zero-order valence-corrected chi connectivity index (χ0v) is 11.7. The molecule has 20 heavy (non-hydrogen) atoms. The Labute approximate surface area is 116 Å². The number of fused-ring (bicyclic) bond motifs is 1. The highest BCUT2D eigenvalue weighted by Gasteiger charge is 2.49. The van der Waals surface area contributed by atoms with Gasteiger partial charge in [-0.25, -0.2) is 4.79 Å². The maximum atomic E-state index is 12.5. The number of carbonyl (C=O) groups excluding carboxylic acids is 3. The minimum absolute atomic E-state index is 0.178. The number of esters is 1. The average Bonchev–Trinajstić information content (AvgIpc) is 2.70. The van der Waals surface area contributed by atoms with Gasteiger partial charge in [-0.3, -0.25) is 14.5 Å². The third-order valence-electron chi connectivity index (χ3n) is 3.34. The third-order valence-corrected chi connectivity index (χ3v) is 3.34. The summed E-state index contributed by atoms with van der Waals surface area (Å²) in [6, 6.07) is 4.75. The smallest absolute Gasteiger partial charge is 0.331 e. The van der Waals surface area contributed by atoms with Gasteiger partial charge in [0.2, 0.25) is 0 Å². The molecule has 0 spiro atoms. The van der Waals surface area contributed by atoms with Crippen LogP contribution in [-0.2, 0) is 9.53 Å². The van der Waals surface area contributed by atoms with Crippen molar-refractivity contribution in [2.24, 2.45) is 0 Å². The Balaban J connectivity index is 2.56. The maximum absolute atomic E-state index is 12.5. The lowest BCUT2D eigenvalue weighted by atomic mass is 10.0. The summed E-state index contributed by atoms with van der Waals surface area (Å²) in [5.74, 6) is -1.44. The number of imide groups is 1. The number of hydrogen-bond acceptors (Lipinski definition) is 5. The molecule has 1 aromatic carbocycles. The van der Waals surface area contributed by atoms with E-state index >= 15 is 0 Å². The molecule has 1 aliphatic heterocycles. The van der Waals surface area contributed by atoms with Gasteiger partial charge in [-0.2, -0.15) is 0 Å². The summed E-state index contributed by atoms with van der Waals surface area (Å²) in [6.07, 6.45) is 0. The molecule has 1 aromatic rings. The van der Waals surface area contributed by atoms with Crippen molar-refractivity contribution in [2.75, 3.05) is 14.2 Å². The van der Waals surface area contributed by atoms with E-state index in [1.54, 1.807) is 12.1 Å². The fourth-order valence-corrected chi connectivity index (χ4v) is 2.27. The number of nitrogens with zero attached hydrogens (tertiary/aromatic N) is 1. The summed E-state index contributed by atoms with van der Waals surface area (Å²) < 4.78 is 9.77. The summed E-state index contributed by atoms with van der Waals surface area (Å²) in [5, 5.41) is 0. The van der Waals surface area contributed by atoms with Crippen molar-refractivity contribution >= 4 is 17.8 Å². The van der Waals surface area contributed by atoms with Crippen molar-refractivity contribution in [2.45, 2.75) is 19.4 Å². The maximum Gasteiger partial charge on any atom is 0.331 e. The van der Waals surface area contributed by atoms with Crippen LogP contribution in [0.4, 0.5) is 0 Å². The highest BCUT2D eigenvalue weighted by molar-refractivity contribution is 6.24. The fraction of sp³-hybridized carbons (Fsp3) is 0.357. The lowest BCUT2D eigenvalue weighted by molar-refractivity contribution is -0.150. The Hall–Kier alpha value is -2.37. The van der Waals surface area contributed by atoms with E-state index in [0.29, 0.717) is 5.75 Å². The first-order chi connectivity index (χ1) is 9.36. The summed E-state index contributed by atoms with van der Waals surface area (Å²) in [6.45, 7) is 2.93. The zero-order valence-electron chi connectivity index (χ0n) is 11.7. The Morgan fingerprint density at radius 1 is 1.15 bits per heavy atom. The van der Waals surface area contributed by atoms with Crippen LogP contribution in [0.15, 0.2) is 18.2 Å². The largest absolute Gasteiger partial charge is 0.496 e. The topological polar surface area (TPSA) is 72.9 Å². The molecule has 0 bridgehead atoms. The lowest BCUT2D eigenvalue weighted by Crippen LogP contribution is -2.53. The van der Waals surface area contributed by atoms with Crippen LogP contribution in [0.25, 0.3) is 0 Å². The van der Waals surface area contributed by atoms with Crippen molar-refractivity contribution in [3.8, 4) is 5.75 Å². The SMILES string of the molecule is COC(=O)C(C)(C)N1C(=O)c2cccc(OC)c2C1=O. The van der Waals surface area contributed by atoms with Crippen molar-refractivity contribution < 1.29 is 23.9 Å². The molecule has 0 atom stereocenters. The molecule has 1 heterocycles. The molecule has 0 aliphatic carbocycles. The first-order valence-electron chi connectivity index (χ1n) is 6.00. The molecular weight excluding hydrogens is 262 g/mol. The van der Waals surface area contributed by atoms with E-state index in [-0.39, 0.29) is 11.1 Å². The van der Waals surface area contributed by atoms with E-state index in [1.807, 2.05) is 0 Å². The van der Waals surface area contributed by atoms with Gasteiger partial charge in [0.1, 0.15) is 11.3 Å². The van der Waals surface area contributed by atoms with Gasteiger partial charge in [-0.05, 0) is 26.0 Å². The summed E-state index contributed by atoms with van der Waals surface area (Å²) >= 11 is 0. The predicted octanol–water partition coefficient (Wildman–Crippen LogP) is 1.24. The summed E-state index contributed by atoms with van der Waals surface area (Å²) in [5.41, 5.74) is -0.976. The standard InChI is InChI=1S/C14H15NO5/c1-14(2,13(18)20-4)15-11(16)8-6-5-7-9(19-3)10(8)12(15)17/h5-7H,1-4H3.